The van der Waals surface area contributed by atoms with Crippen molar-refractivity contribution in [2.45, 2.75) is 37.1 Å². The van der Waals surface area contributed by atoms with Crippen LogP contribution in [0.1, 0.15) is 24.8 Å². The number of amides is 1. The van der Waals surface area contributed by atoms with Gasteiger partial charge in [0.05, 0.1) is 33.3 Å². The number of aromatic nitrogens is 1. The molecule has 0 saturated carbocycles. The second kappa shape index (κ2) is 11.5. The highest BCUT2D eigenvalue weighted by molar-refractivity contribution is 7.89. The number of hydrogen-bond acceptors (Lipinski definition) is 7. The Labute approximate surface area is 231 Å². The van der Waals surface area contributed by atoms with Gasteiger partial charge in [0.2, 0.25) is 15.9 Å². The van der Waals surface area contributed by atoms with Gasteiger partial charge in [0, 0.05) is 32.7 Å². The van der Waals surface area contributed by atoms with Crippen molar-refractivity contribution in [3.63, 3.8) is 0 Å². The van der Waals surface area contributed by atoms with Gasteiger partial charge in [-0.15, -0.1) is 0 Å². The molecular weight excluding hydrogens is 551 g/mol. The van der Waals surface area contributed by atoms with E-state index in [2.05, 4.69) is 4.90 Å². The van der Waals surface area contributed by atoms with Crippen LogP contribution in [0.5, 0.6) is 0 Å². The van der Waals surface area contributed by atoms with Crippen molar-refractivity contribution in [2.75, 3.05) is 50.8 Å². The molecule has 2 saturated heterocycles. The molecule has 1 unspecified atom stereocenters. The number of benzene rings is 2. The van der Waals surface area contributed by atoms with Crippen molar-refractivity contribution in [2.24, 2.45) is 0 Å². The number of anilines is 1. The zero-order valence-electron chi connectivity index (χ0n) is 21.1. The summed E-state index contributed by atoms with van der Waals surface area (Å²) in [5.74, 6) is -0.822. The van der Waals surface area contributed by atoms with E-state index in [9.17, 15) is 17.6 Å². The van der Waals surface area contributed by atoms with E-state index in [1.807, 2.05) is 19.1 Å². The summed E-state index contributed by atoms with van der Waals surface area (Å²) in [7, 11) is -3.98. The monoisotopic (exact) mass is 580 g/mol. The van der Waals surface area contributed by atoms with E-state index in [1.165, 1.54) is 27.8 Å². The van der Waals surface area contributed by atoms with Crippen LogP contribution in [0.3, 0.4) is 0 Å². The molecule has 3 aromatic rings. The van der Waals surface area contributed by atoms with Crippen LogP contribution < -0.4 is 4.90 Å². The molecule has 1 atom stereocenters. The number of hydrogen-bond donors (Lipinski definition) is 0. The minimum atomic E-state index is -3.98. The van der Waals surface area contributed by atoms with Crippen LogP contribution >= 0.6 is 22.9 Å². The standard InChI is InChI=1S/C26H30ClFN4O4S2/c1-18-5-10-21(27)24-23(18)29-26(37-24)31(12-3-11-30-14-16-36-17-15-30)25(33)22-4-2-13-32(22)38(34,35)20-8-6-19(28)7-9-20/h5-10,22H,2-4,11-17H2,1H3. The summed E-state index contributed by atoms with van der Waals surface area (Å²) in [4.78, 5) is 22.8. The average molecular weight is 581 g/mol. The number of sulfonamides is 1. The first-order chi connectivity index (χ1) is 18.3. The lowest BCUT2D eigenvalue weighted by atomic mass is 10.2. The molecule has 12 heteroatoms. The Balaban J connectivity index is 1.44. The quantitative estimate of drug-likeness (QED) is 0.395. The van der Waals surface area contributed by atoms with Crippen LogP contribution in [0, 0.1) is 12.7 Å². The molecule has 0 radical (unpaired) electrons. The Hall–Kier alpha value is -2.15. The molecule has 204 valence electrons. The Morgan fingerprint density at radius 2 is 1.92 bits per heavy atom. The first kappa shape index (κ1) is 27.4. The lowest BCUT2D eigenvalue weighted by Crippen LogP contribution is -2.48. The summed E-state index contributed by atoms with van der Waals surface area (Å²) in [6.07, 6.45) is 1.67. The minimum absolute atomic E-state index is 0.0279. The summed E-state index contributed by atoms with van der Waals surface area (Å²) in [6, 6.07) is 7.56. The number of carbonyl (C=O) groups is 1. The van der Waals surface area contributed by atoms with Crippen molar-refractivity contribution < 1.29 is 22.3 Å². The van der Waals surface area contributed by atoms with Crippen LogP contribution in [0.4, 0.5) is 9.52 Å². The van der Waals surface area contributed by atoms with Crippen LogP contribution in [-0.2, 0) is 19.6 Å². The summed E-state index contributed by atoms with van der Waals surface area (Å²) < 4.78 is 47.9. The summed E-state index contributed by atoms with van der Waals surface area (Å²) in [5, 5.41) is 1.07. The molecule has 2 aliphatic heterocycles. The number of halogens is 2. The van der Waals surface area contributed by atoms with E-state index in [0.717, 1.165) is 47.5 Å². The molecule has 2 aliphatic rings. The number of nitrogens with zero attached hydrogens (tertiary/aromatic N) is 4. The Kier molecular flexibility index (Phi) is 8.32. The molecule has 2 aromatic carbocycles. The number of carbonyl (C=O) groups excluding carboxylic acids is 1. The normalized spacial score (nSPS) is 19.3. The van der Waals surface area contributed by atoms with E-state index in [4.69, 9.17) is 21.3 Å². The summed E-state index contributed by atoms with van der Waals surface area (Å²) in [5.41, 5.74) is 1.69. The third kappa shape index (κ3) is 5.59. The zero-order valence-corrected chi connectivity index (χ0v) is 23.5. The molecule has 3 heterocycles. The SMILES string of the molecule is Cc1ccc(Cl)c2sc(N(CCCN3CCOCC3)C(=O)C3CCCN3S(=O)(=O)c3ccc(F)cc3)nc12. The first-order valence-electron chi connectivity index (χ1n) is 12.7. The van der Waals surface area contributed by atoms with Gasteiger partial charge in [-0.05, 0) is 62.1 Å². The number of rotatable bonds is 8. The van der Waals surface area contributed by atoms with Gasteiger partial charge in [-0.3, -0.25) is 14.6 Å². The number of morpholine rings is 1. The second-order valence-corrected chi connectivity index (χ2v) is 12.8. The third-order valence-corrected chi connectivity index (χ3v) is 10.5. The van der Waals surface area contributed by atoms with Crippen molar-refractivity contribution in [3.05, 3.63) is 52.8 Å². The molecular formula is C26H30ClFN4O4S2. The van der Waals surface area contributed by atoms with Gasteiger partial charge in [-0.1, -0.05) is 29.0 Å². The predicted octanol–water partition coefficient (Wildman–Crippen LogP) is 4.31. The van der Waals surface area contributed by atoms with E-state index in [-0.39, 0.29) is 17.3 Å². The lowest BCUT2D eigenvalue weighted by molar-refractivity contribution is -0.121. The van der Waals surface area contributed by atoms with Crippen LogP contribution in [-0.4, -0.2) is 80.5 Å². The van der Waals surface area contributed by atoms with Gasteiger partial charge >= 0.3 is 0 Å². The maximum Gasteiger partial charge on any atom is 0.247 e. The van der Waals surface area contributed by atoms with Gasteiger partial charge in [0.1, 0.15) is 11.9 Å². The Morgan fingerprint density at radius 3 is 2.63 bits per heavy atom. The molecule has 0 spiro atoms. The highest BCUT2D eigenvalue weighted by Crippen LogP contribution is 2.37. The molecule has 2 fully saturated rings. The molecule has 8 nitrogen and oxygen atoms in total. The second-order valence-electron chi connectivity index (χ2n) is 9.56. The minimum Gasteiger partial charge on any atom is -0.379 e. The fraction of sp³-hybridized carbons (Fsp3) is 0.462. The van der Waals surface area contributed by atoms with Crippen molar-refractivity contribution >= 4 is 54.2 Å². The van der Waals surface area contributed by atoms with Crippen molar-refractivity contribution in [3.8, 4) is 0 Å². The van der Waals surface area contributed by atoms with E-state index in [0.29, 0.717) is 49.2 Å². The third-order valence-electron chi connectivity index (χ3n) is 7.05. The Morgan fingerprint density at radius 1 is 1.18 bits per heavy atom. The fourth-order valence-electron chi connectivity index (χ4n) is 4.98. The van der Waals surface area contributed by atoms with Gasteiger partial charge in [0.25, 0.3) is 0 Å². The highest BCUT2D eigenvalue weighted by Gasteiger charge is 2.42. The number of fused-ring (bicyclic) bond motifs is 1. The lowest BCUT2D eigenvalue weighted by Gasteiger charge is -2.30. The maximum absolute atomic E-state index is 14.1. The van der Waals surface area contributed by atoms with Gasteiger partial charge < -0.3 is 4.74 Å². The van der Waals surface area contributed by atoms with E-state index < -0.39 is 21.9 Å². The van der Waals surface area contributed by atoms with E-state index >= 15 is 0 Å². The predicted molar refractivity (Wildman–Crippen MR) is 147 cm³/mol. The highest BCUT2D eigenvalue weighted by atomic mass is 35.5. The smallest absolute Gasteiger partial charge is 0.247 e. The summed E-state index contributed by atoms with van der Waals surface area (Å²) >= 11 is 7.80. The van der Waals surface area contributed by atoms with Gasteiger partial charge in [-0.25, -0.2) is 17.8 Å². The molecule has 1 aromatic heterocycles. The molecule has 0 N–H and O–H groups in total. The van der Waals surface area contributed by atoms with Crippen molar-refractivity contribution in [1.29, 1.82) is 0 Å². The van der Waals surface area contributed by atoms with Crippen LogP contribution in [0.2, 0.25) is 5.02 Å². The molecule has 0 aliphatic carbocycles. The largest absolute Gasteiger partial charge is 0.379 e. The topological polar surface area (TPSA) is 83.0 Å². The van der Waals surface area contributed by atoms with Crippen LogP contribution in [0.25, 0.3) is 10.2 Å². The van der Waals surface area contributed by atoms with E-state index in [1.54, 1.807) is 4.90 Å². The fourth-order valence-corrected chi connectivity index (χ4v) is 7.98. The molecule has 5 rings (SSSR count). The Bertz CT molecular complexity index is 1370. The number of aryl methyl sites for hydroxylation is 1. The van der Waals surface area contributed by atoms with Crippen molar-refractivity contribution in [1.82, 2.24) is 14.2 Å². The number of thiazole rings is 1. The number of ether oxygens (including phenoxy) is 1. The zero-order chi connectivity index (χ0) is 26.9. The van der Waals surface area contributed by atoms with Gasteiger partial charge in [0.15, 0.2) is 5.13 Å². The molecule has 1 amide bonds. The molecule has 38 heavy (non-hydrogen) atoms. The average Bonchev–Trinajstić information content (AvgIpc) is 3.59. The van der Waals surface area contributed by atoms with Gasteiger partial charge in [-0.2, -0.15) is 4.31 Å². The van der Waals surface area contributed by atoms with Crippen LogP contribution in [0.15, 0.2) is 41.3 Å². The molecule has 0 bridgehead atoms. The first-order valence-corrected chi connectivity index (χ1v) is 15.3. The maximum atomic E-state index is 14.1. The summed E-state index contributed by atoms with van der Waals surface area (Å²) in [6.45, 7) is 6.43.